The second-order valence-corrected chi connectivity index (χ2v) is 5.93. The van der Waals surface area contributed by atoms with Crippen molar-refractivity contribution in [2.75, 3.05) is 13.1 Å². The Morgan fingerprint density at radius 3 is 2.71 bits per heavy atom. The normalized spacial score (nSPS) is 27.3. The summed E-state index contributed by atoms with van der Waals surface area (Å²) >= 11 is 5.99. The number of aliphatic hydroxyl groups excluding tert-OH is 1. The van der Waals surface area contributed by atoms with E-state index in [2.05, 4.69) is 13.8 Å². The minimum absolute atomic E-state index is 0.0230. The van der Waals surface area contributed by atoms with E-state index in [1.54, 1.807) is 0 Å². The molecule has 1 aliphatic rings. The van der Waals surface area contributed by atoms with Crippen molar-refractivity contribution in [3.8, 4) is 0 Å². The van der Waals surface area contributed by atoms with Crippen LogP contribution in [0.1, 0.15) is 40.0 Å². The summed E-state index contributed by atoms with van der Waals surface area (Å²) in [5.41, 5.74) is 0. The zero-order valence-corrected chi connectivity index (χ0v) is 11.8. The van der Waals surface area contributed by atoms with Crippen LogP contribution in [0.3, 0.4) is 0 Å². The number of aliphatic hydroxyl groups is 1. The third kappa shape index (κ3) is 4.14. The molecular weight excluding hydrogens is 238 g/mol. The number of nitrogens with zero attached hydrogens (tertiary/aromatic N) is 1. The van der Waals surface area contributed by atoms with Gasteiger partial charge in [-0.3, -0.25) is 4.79 Å². The number of hydrogen-bond donors (Lipinski definition) is 1. The summed E-state index contributed by atoms with van der Waals surface area (Å²) < 4.78 is 0. The van der Waals surface area contributed by atoms with Crippen molar-refractivity contribution in [3.05, 3.63) is 0 Å². The van der Waals surface area contributed by atoms with Crippen LogP contribution in [-0.4, -0.2) is 40.5 Å². The van der Waals surface area contributed by atoms with Crippen LogP contribution in [0.5, 0.6) is 0 Å². The minimum Gasteiger partial charge on any atom is -0.393 e. The van der Waals surface area contributed by atoms with Crippen molar-refractivity contribution in [2.24, 2.45) is 11.8 Å². The van der Waals surface area contributed by atoms with E-state index >= 15 is 0 Å². The third-order valence-corrected chi connectivity index (χ3v) is 3.90. The number of halogens is 1. The maximum atomic E-state index is 12.0. The van der Waals surface area contributed by atoms with Crippen LogP contribution in [0.2, 0.25) is 0 Å². The standard InChI is InChI=1S/C13H24ClNO2/c1-4-11(14)13(17)15-6-5-12(16)10(8-15)7-9(2)3/h9-12,16H,4-8H2,1-3H3. The first kappa shape index (κ1) is 14.8. The Labute approximate surface area is 109 Å². The van der Waals surface area contributed by atoms with Crippen molar-refractivity contribution < 1.29 is 9.90 Å². The molecule has 3 nitrogen and oxygen atoms in total. The molecular formula is C13H24ClNO2. The van der Waals surface area contributed by atoms with Crippen LogP contribution in [0, 0.1) is 11.8 Å². The Kier molecular flexibility index (Phi) is 5.74. The highest BCUT2D eigenvalue weighted by Gasteiger charge is 2.32. The lowest BCUT2D eigenvalue weighted by molar-refractivity contribution is -0.134. The fourth-order valence-corrected chi connectivity index (χ4v) is 2.57. The van der Waals surface area contributed by atoms with Crippen LogP contribution in [0.15, 0.2) is 0 Å². The fourth-order valence-electron chi connectivity index (χ4n) is 2.43. The van der Waals surface area contributed by atoms with Crippen LogP contribution in [0.4, 0.5) is 0 Å². The Bertz CT molecular complexity index is 258. The number of rotatable bonds is 4. The molecule has 3 atom stereocenters. The minimum atomic E-state index is -0.412. The molecule has 0 aromatic rings. The van der Waals surface area contributed by atoms with E-state index in [1.807, 2.05) is 11.8 Å². The van der Waals surface area contributed by atoms with E-state index in [1.165, 1.54) is 0 Å². The van der Waals surface area contributed by atoms with E-state index in [-0.39, 0.29) is 17.9 Å². The average molecular weight is 262 g/mol. The van der Waals surface area contributed by atoms with Crippen LogP contribution < -0.4 is 0 Å². The summed E-state index contributed by atoms with van der Waals surface area (Å²) in [5.74, 6) is 0.769. The van der Waals surface area contributed by atoms with Gasteiger partial charge in [-0.25, -0.2) is 0 Å². The predicted octanol–water partition coefficient (Wildman–Crippen LogP) is 2.26. The quantitative estimate of drug-likeness (QED) is 0.789. The zero-order valence-electron chi connectivity index (χ0n) is 11.0. The van der Waals surface area contributed by atoms with Crippen molar-refractivity contribution in [3.63, 3.8) is 0 Å². The summed E-state index contributed by atoms with van der Waals surface area (Å²) in [6, 6.07) is 0. The molecule has 0 aromatic carbocycles. The molecule has 1 saturated heterocycles. The first-order valence-corrected chi connectivity index (χ1v) is 7.00. The Morgan fingerprint density at radius 2 is 2.18 bits per heavy atom. The summed E-state index contributed by atoms with van der Waals surface area (Å²) in [6.07, 6.45) is 2.03. The molecule has 0 saturated carbocycles. The summed E-state index contributed by atoms with van der Waals surface area (Å²) in [6.45, 7) is 7.49. The van der Waals surface area contributed by atoms with E-state index in [4.69, 9.17) is 11.6 Å². The van der Waals surface area contributed by atoms with Gasteiger partial charge in [0.1, 0.15) is 5.38 Å². The van der Waals surface area contributed by atoms with Gasteiger partial charge in [-0.1, -0.05) is 20.8 Å². The molecule has 1 fully saturated rings. The molecule has 0 radical (unpaired) electrons. The Morgan fingerprint density at radius 1 is 1.53 bits per heavy atom. The van der Waals surface area contributed by atoms with Crippen molar-refractivity contribution in [2.45, 2.75) is 51.5 Å². The molecule has 1 amide bonds. The molecule has 0 aliphatic carbocycles. The van der Waals surface area contributed by atoms with Crippen LogP contribution in [0.25, 0.3) is 0 Å². The van der Waals surface area contributed by atoms with Gasteiger partial charge in [0.25, 0.3) is 0 Å². The van der Waals surface area contributed by atoms with E-state index < -0.39 is 5.38 Å². The molecule has 4 heteroatoms. The predicted molar refractivity (Wildman–Crippen MR) is 70.1 cm³/mol. The van der Waals surface area contributed by atoms with E-state index in [0.717, 1.165) is 6.42 Å². The maximum Gasteiger partial charge on any atom is 0.240 e. The highest BCUT2D eigenvalue weighted by atomic mass is 35.5. The highest BCUT2D eigenvalue weighted by Crippen LogP contribution is 2.25. The van der Waals surface area contributed by atoms with Gasteiger partial charge in [-0.15, -0.1) is 11.6 Å². The van der Waals surface area contributed by atoms with Gasteiger partial charge in [-0.2, -0.15) is 0 Å². The van der Waals surface area contributed by atoms with Crippen molar-refractivity contribution in [1.29, 1.82) is 0 Å². The number of carbonyl (C=O) groups excluding carboxylic acids is 1. The van der Waals surface area contributed by atoms with Crippen LogP contribution in [-0.2, 0) is 4.79 Å². The Hall–Kier alpha value is -0.280. The zero-order chi connectivity index (χ0) is 13.0. The molecule has 100 valence electrons. The maximum absolute atomic E-state index is 12.0. The van der Waals surface area contributed by atoms with E-state index in [9.17, 15) is 9.90 Å². The van der Waals surface area contributed by atoms with Gasteiger partial charge in [0.05, 0.1) is 6.10 Å². The summed E-state index contributed by atoms with van der Waals surface area (Å²) in [5, 5.41) is 9.53. The molecule has 0 aromatic heterocycles. The molecule has 17 heavy (non-hydrogen) atoms. The molecule has 0 spiro atoms. The van der Waals surface area contributed by atoms with Crippen molar-refractivity contribution >= 4 is 17.5 Å². The monoisotopic (exact) mass is 261 g/mol. The molecule has 1 rings (SSSR count). The molecule has 1 N–H and O–H groups in total. The van der Waals surface area contributed by atoms with E-state index in [0.29, 0.717) is 31.8 Å². The number of piperidine rings is 1. The van der Waals surface area contributed by atoms with Gasteiger partial charge in [0.2, 0.25) is 5.91 Å². The average Bonchev–Trinajstić information content (AvgIpc) is 2.29. The molecule has 3 unspecified atom stereocenters. The second-order valence-electron chi connectivity index (χ2n) is 5.41. The molecule has 1 aliphatic heterocycles. The van der Waals surface area contributed by atoms with Crippen LogP contribution >= 0.6 is 11.6 Å². The number of amides is 1. The van der Waals surface area contributed by atoms with Gasteiger partial charge < -0.3 is 10.0 Å². The SMILES string of the molecule is CCC(Cl)C(=O)N1CCC(O)C(CC(C)C)C1. The lowest BCUT2D eigenvalue weighted by Gasteiger charge is -2.37. The number of carbonyl (C=O) groups is 1. The summed E-state index contributed by atoms with van der Waals surface area (Å²) in [7, 11) is 0. The van der Waals surface area contributed by atoms with Gasteiger partial charge in [0, 0.05) is 19.0 Å². The smallest absolute Gasteiger partial charge is 0.240 e. The number of alkyl halides is 1. The number of hydrogen-bond acceptors (Lipinski definition) is 2. The lowest BCUT2D eigenvalue weighted by Crippen LogP contribution is -2.48. The first-order chi connectivity index (χ1) is 7.95. The van der Waals surface area contributed by atoms with Gasteiger partial charge >= 0.3 is 0 Å². The third-order valence-electron chi connectivity index (χ3n) is 3.41. The number of likely N-dealkylation sites (tertiary alicyclic amines) is 1. The molecule has 0 bridgehead atoms. The first-order valence-electron chi connectivity index (χ1n) is 6.56. The topological polar surface area (TPSA) is 40.5 Å². The van der Waals surface area contributed by atoms with Gasteiger partial charge in [0.15, 0.2) is 0 Å². The second kappa shape index (κ2) is 6.60. The summed E-state index contributed by atoms with van der Waals surface area (Å²) in [4.78, 5) is 13.8. The molecule has 1 heterocycles. The largest absolute Gasteiger partial charge is 0.393 e. The Balaban J connectivity index is 2.57. The lowest BCUT2D eigenvalue weighted by atomic mass is 9.87. The fraction of sp³-hybridized carbons (Fsp3) is 0.923. The van der Waals surface area contributed by atoms with Gasteiger partial charge in [-0.05, 0) is 25.2 Å². The van der Waals surface area contributed by atoms with Crippen molar-refractivity contribution in [1.82, 2.24) is 4.90 Å². The highest BCUT2D eigenvalue weighted by molar-refractivity contribution is 6.30.